The largest absolute Gasteiger partial charge is 0.368 e. The standard InChI is InChI=1S/C25H26FN5O3S2.H2/c1-17-16-29(21-4-6-22(7-5-21)36(33,34)28-25-27-10-14-35-25)12-13-30(17)24(32)18(2)31-11-9-19-15-20(26)3-8-23(19)31;/h3-11,14-15,17-18H,12-13,16H2,1-2H3,(H,27,28);1H/t17-,18?;/m0./s1. The SMILES string of the molecule is CC(C(=O)N1CCN(c2ccc(S(=O)(=O)Nc3nccs3)cc2)C[C@@H]1C)n1ccc2cc(F)ccc21.[HH]. The lowest BCUT2D eigenvalue weighted by atomic mass is 10.1. The predicted octanol–water partition coefficient (Wildman–Crippen LogP) is 4.58. The summed E-state index contributed by atoms with van der Waals surface area (Å²) in [6, 6.07) is 12.7. The first-order chi connectivity index (χ1) is 17.2. The molecule has 8 nitrogen and oxygen atoms in total. The Morgan fingerprint density at radius 3 is 2.67 bits per heavy atom. The van der Waals surface area contributed by atoms with E-state index < -0.39 is 16.1 Å². The fourth-order valence-corrected chi connectivity index (χ4v) is 6.42. The van der Waals surface area contributed by atoms with Crippen LogP contribution in [0, 0.1) is 5.82 Å². The van der Waals surface area contributed by atoms with Gasteiger partial charge in [-0.1, -0.05) is 0 Å². The highest BCUT2D eigenvalue weighted by Crippen LogP contribution is 2.26. The number of halogens is 1. The summed E-state index contributed by atoms with van der Waals surface area (Å²) in [5.41, 5.74) is 1.72. The summed E-state index contributed by atoms with van der Waals surface area (Å²) >= 11 is 1.22. The molecule has 1 unspecified atom stereocenters. The molecule has 1 N–H and O–H groups in total. The molecule has 2 atom stereocenters. The highest BCUT2D eigenvalue weighted by atomic mass is 32.2. The quantitative estimate of drug-likeness (QED) is 0.395. The van der Waals surface area contributed by atoms with Crippen LogP contribution in [0.1, 0.15) is 21.3 Å². The van der Waals surface area contributed by atoms with Crippen LogP contribution in [-0.2, 0) is 14.8 Å². The lowest BCUT2D eigenvalue weighted by molar-refractivity contribution is -0.136. The fourth-order valence-electron chi connectivity index (χ4n) is 4.63. The maximum absolute atomic E-state index is 13.6. The number of thiazole rings is 1. The Morgan fingerprint density at radius 2 is 1.97 bits per heavy atom. The number of rotatable bonds is 6. The van der Waals surface area contributed by atoms with Gasteiger partial charge < -0.3 is 14.4 Å². The number of piperazine rings is 1. The topological polar surface area (TPSA) is 87.5 Å². The van der Waals surface area contributed by atoms with Crippen LogP contribution >= 0.6 is 11.3 Å². The molecule has 0 saturated carbocycles. The number of hydrogen-bond acceptors (Lipinski definition) is 6. The van der Waals surface area contributed by atoms with E-state index in [9.17, 15) is 17.6 Å². The molecule has 36 heavy (non-hydrogen) atoms. The first-order valence-corrected chi connectivity index (χ1v) is 13.9. The fraction of sp³-hybridized carbons (Fsp3) is 0.280. The third-order valence-corrected chi connectivity index (χ3v) is 8.71. The lowest BCUT2D eigenvalue weighted by Crippen LogP contribution is -2.55. The molecule has 5 rings (SSSR count). The van der Waals surface area contributed by atoms with E-state index in [1.54, 1.807) is 41.9 Å². The molecular weight excluding hydrogens is 501 g/mol. The molecule has 1 aliphatic rings. The number of anilines is 2. The minimum Gasteiger partial charge on any atom is -0.368 e. The molecule has 190 valence electrons. The molecule has 1 aliphatic heterocycles. The first kappa shape index (κ1) is 24.3. The second kappa shape index (κ2) is 9.55. The van der Waals surface area contributed by atoms with Crippen molar-refractivity contribution in [3.8, 4) is 0 Å². The van der Waals surface area contributed by atoms with Crippen LogP contribution in [0.3, 0.4) is 0 Å². The van der Waals surface area contributed by atoms with Crippen molar-refractivity contribution in [1.29, 1.82) is 0 Å². The first-order valence-electron chi connectivity index (χ1n) is 11.6. The van der Waals surface area contributed by atoms with E-state index in [4.69, 9.17) is 0 Å². The number of hydrogen-bond donors (Lipinski definition) is 1. The van der Waals surface area contributed by atoms with E-state index in [2.05, 4.69) is 14.6 Å². The smallest absolute Gasteiger partial charge is 0.263 e. The minimum absolute atomic E-state index is 0. The summed E-state index contributed by atoms with van der Waals surface area (Å²) in [6.45, 7) is 5.67. The highest BCUT2D eigenvalue weighted by molar-refractivity contribution is 7.93. The number of carbonyl (C=O) groups is 1. The van der Waals surface area contributed by atoms with Gasteiger partial charge in [-0.05, 0) is 62.4 Å². The van der Waals surface area contributed by atoms with Gasteiger partial charge in [-0.15, -0.1) is 11.3 Å². The van der Waals surface area contributed by atoms with E-state index in [-0.39, 0.29) is 24.1 Å². The molecule has 1 amide bonds. The lowest BCUT2D eigenvalue weighted by Gasteiger charge is -2.42. The molecule has 2 aromatic carbocycles. The number of fused-ring (bicyclic) bond motifs is 1. The maximum Gasteiger partial charge on any atom is 0.263 e. The van der Waals surface area contributed by atoms with Crippen molar-refractivity contribution >= 4 is 49.0 Å². The van der Waals surface area contributed by atoms with Crippen molar-refractivity contribution in [1.82, 2.24) is 14.5 Å². The number of benzene rings is 2. The predicted molar refractivity (Wildman–Crippen MR) is 141 cm³/mol. The summed E-state index contributed by atoms with van der Waals surface area (Å²) < 4.78 is 43.1. The second-order valence-electron chi connectivity index (χ2n) is 8.87. The van der Waals surface area contributed by atoms with Gasteiger partial charge in [0.15, 0.2) is 5.13 Å². The number of carbonyl (C=O) groups excluding carboxylic acids is 1. The number of nitrogens with one attached hydrogen (secondary N) is 1. The molecule has 0 radical (unpaired) electrons. The Kier molecular flexibility index (Phi) is 6.44. The monoisotopic (exact) mass is 529 g/mol. The van der Waals surface area contributed by atoms with Gasteiger partial charge >= 0.3 is 0 Å². The van der Waals surface area contributed by atoms with Gasteiger partial charge in [0.2, 0.25) is 5.91 Å². The van der Waals surface area contributed by atoms with E-state index in [0.29, 0.717) is 24.8 Å². The Morgan fingerprint density at radius 1 is 1.19 bits per heavy atom. The van der Waals surface area contributed by atoms with Gasteiger partial charge in [-0.25, -0.2) is 17.8 Å². The summed E-state index contributed by atoms with van der Waals surface area (Å²) in [5, 5.41) is 2.79. The third kappa shape index (κ3) is 4.68. The Balaban J connectivity index is 0.00000320. The molecular formula is C25H28FN5O3S2. The van der Waals surface area contributed by atoms with E-state index in [1.807, 2.05) is 35.6 Å². The Hall–Kier alpha value is -3.44. The summed E-state index contributed by atoms with van der Waals surface area (Å²) in [7, 11) is -3.71. The average Bonchev–Trinajstić information content (AvgIpc) is 3.52. The zero-order chi connectivity index (χ0) is 25.4. The van der Waals surface area contributed by atoms with E-state index in [0.717, 1.165) is 16.6 Å². The Labute approximate surface area is 214 Å². The van der Waals surface area contributed by atoms with Crippen LogP contribution in [-0.4, -0.2) is 54.5 Å². The van der Waals surface area contributed by atoms with Crippen molar-refractivity contribution in [3.63, 3.8) is 0 Å². The normalized spacial score (nSPS) is 17.4. The summed E-state index contributed by atoms with van der Waals surface area (Å²) in [6.07, 6.45) is 3.37. The van der Waals surface area contributed by atoms with Crippen LogP contribution in [0.2, 0.25) is 0 Å². The average molecular weight is 530 g/mol. The maximum atomic E-state index is 13.6. The molecule has 2 aromatic heterocycles. The zero-order valence-corrected chi connectivity index (χ0v) is 21.5. The highest BCUT2D eigenvalue weighted by Gasteiger charge is 2.31. The van der Waals surface area contributed by atoms with Gasteiger partial charge in [0.05, 0.1) is 4.90 Å². The molecule has 3 heterocycles. The molecule has 11 heteroatoms. The zero-order valence-electron chi connectivity index (χ0n) is 19.8. The summed E-state index contributed by atoms with van der Waals surface area (Å²) in [4.78, 5) is 21.5. The molecule has 1 fully saturated rings. The van der Waals surface area contributed by atoms with Gasteiger partial charge in [0, 0.05) is 61.5 Å². The minimum atomic E-state index is -3.71. The molecule has 0 bridgehead atoms. The number of amides is 1. The van der Waals surface area contributed by atoms with Crippen LogP contribution in [0.25, 0.3) is 10.9 Å². The molecule has 4 aromatic rings. The van der Waals surface area contributed by atoms with Gasteiger partial charge in [0.25, 0.3) is 10.0 Å². The van der Waals surface area contributed by atoms with E-state index in [1.165, 1.54) is 23.5 Å². The van der Waals surface area contributed by atoms with Gasteiger partial charge in [-0.3, -0.25) is 9.52 Å². The van der Waals surface area contributed by atoms with Gasteiger partial charge in [0.1, 0.15) is 11.9 Å². The van der Waals surface area contributed by atoms with Crippen molar-refractivity contribution in [2.45, 2.75) is 30.8 Å². The van der Waals surface area contributed by atoms with Crippen molar-refractivity contribution < 1.29 is 19.0 Å². The molecule has 1 saturated heterocycles. The van der Waals surface area contributed by atoms with Crippen molar-refractivity contribution in [3.05, 3.63) is 72.1 Å². The van der Waals surface area contributed by atoms with Crippen LogP contribution in [0.5, 0.6) is 0 Å². The number of nitrogens with zero attached hydrogens (tertiary/aromatic N) is 4. The van der Waals surface area contributed by atoms with Crippen molar-refractivity contribution in [2.75, 3.05) is 29.3 Å². The van der Waals surface area contributed by atoms with Gasteiger partial charge in [-0.2, -0.15) is 0 Å². The number of aromatic nitrogens is 2. The van der Waals surface area contributed by atoms with E-state index >= 15 is 0 Å². The van der Waals surface area contributed by atoms with Crippen LogP contribution in [0.15, 0.2) is 71.2 Å². The number of sulfonamides is 1. The van der Waals surface area contributed by atoms with Crippen LogP contribution in [0.4, 0.5) is 15.2 Å². The second-order valence-corrected chi connectivity index (χ2v) is 11.4. The third-order valence-electron chi connectivity index (χ3n) is 6.53. The van der Waals surface area contributed by atoms with Crippen molar-refractivity contribution in [2.24, 2.45) is 0 Å². The summed E-state index contributed by atoms with van der Waals surface area (Å²) in [5.74, 6) is -0.288. The Bertz CT molecular complexity index is 1490. The van der Waals surface area contributed by atoms with Crippen LogP contribution < -0.4 is 9.62 Å². The molecule has 0 spiro atoms. The molecule has 0 aliphatic carbocycles.